The second-order valence-corrected chi connectivity index (χ2v) is 8.12. The van der Waals surface area contributed by atoms with Gasteiger partial charge in [-0.1, -0.05) is 30.3 Å². The number of carbonyl (C=O) groups is 1. The second-order valence-electron chi connectivity index (χ2n) is 6.93. The third kappa shape index (κ3) is 3.12. The number of rotatable bonds is 2. The highest BCUT2D eigenvalue weighted by molar-refractivity contribution is 8.04. The number of thioether (sulfide) groups is 1. The van der Waals surface area contributed by atoms with Crippen LogP contribution in [0.1, 0.15) is 25.3 Å². The monoisotopic (exact) mass is 362 g/mol. The zero-order valence-corrected chi connectivity index (χ0v) is 14.8. The molecular weight excluding hydrogens is 340 g/mol. The van der Waals surface area contributed by atoms with Gasteiger partial charge >= 0.3 is 0 Å². The summed E-state index contributed by atoms with van der Waals surface area (Å²) in [5, 5.41) is 19.9. The normalized spacial score (nSPS) is 38.0. The van der Waals surface area contributed by atoms with Gasteiger partial charge in [0, 0.05) is 12.3 Å². The first-order valence-electron chi connectivity index (χ1n) is 8.71. The molecule has 2 aliphatic heterocycles. The van der Waals surface area contributed by atoms with Crippen molar-refractivity contribution in [2.24, 2.45) is 5.92 Å². The smallest absolute Gasteiger partial charge is 0.214 e. The Balaban J connectivity index is 1.62. The van der Waals surface area contributed by atoms with Crippen molar-refractivity contribution >= 4 is 17.5 Å². The second kappa shape index (κ2) is 6.76. The third-order valence-electron chi connectivity index (χ3n) is 5.17. The molecule has 5 nitrogen and oxygen atoms in total. The number of ketones is 1. The van der Waals surface area contributed by atoms with Crippen LogP contribution in [-0.4, -0.2) is 45.8 Å². The molecule has 1 saturated heterocycles. The lowest BCUT2D eigenvalue weighted by Gasteiger charge is -2.46. The Labute approximate surface area is 151 Å². The van der Waals surface area contributed by atoms with E-state index in [0.717, 1.165) is 12.8 Å². The molecule has 3 aliphatic rings. The number of Topliss-reactive ketones (excluding diaryl/α,β-unsaturated/α-hetero) is 1. The van der Waals surface area contributed by atoms with Gasteiger partial charge in [-0.15, -0.1) is 11.8 Å². The maximum absolute atomic E-state index is 12.4. The van der Waals surface area contributed by atoms with Crippen LogP contribution in [0.3, 0.4) is 0 Å². The van der Waals surface area contributed by atoms with Gasteiger partial charge in [0.25, 0.3) is 0 Å². The highest BCUT2D eigenvalue weighted by Gasteiger charge is 2.50. The van der Waals surface area contributed by atoms with E-state index in [1.807, 2.05) is 18.2 Å². The number of carbonyl (C=O) groups excluding carboxylic acids is 1. The summed E-state index contributed by atoms with van der Waals surface area (Å²) in [6, 6.07) is 10.2. The van der Waals surface area contributed by atoms with E-state index in [0.29, 0.717) is 17.1 Å². The molecule has 0 saturated carbocycles. The molecule has 25 heavy (non-hydrogen) atoms. The Kier molecular flexibility index (Phi) is 4.62. The minimum absolute atomic E-state index is 0.0584. The van der Waals surface area contributed by atoms with E-state index in [-0.39, 0.29) is 11.7 Å². The summed E-state index contributed by atoms with van der Waals surface area (Å²) >= 11 is 1.31. The molecule has 1 aliphatic carbocycles. The number of hydrogen-bond acceptors (Lipinski definition) is 6. The largest absolute Gasteiger partial charge is 0.466 e. The molecule has 2 heterocycles. The highest BCUT2D eigenvalue weighted by atomic mass is 32.2. The molecule has 6 heteroatoms. The zero-order chi connectivity index (χ0) is 17.6. The van der Waals surface area contributed by atoms with Crippen LogP contribution in [0, 0.1) is 5.92 Å². The quantitative estimate of drug-likeness (QED) is 0.838. The van der Waals surface area contributed by atoms with Crippen molar-refractivity contribution in [2.75, 3.05) is 0 Å². The van der Waals surface area contributed by atoms with Gasteiger partial charge in [-0.05, 0) is 25.3 Å². The van der Waals surface area contributed by atoms with Crippen molar-refractivity contribution in [2.45, 2.75) is 56.0 Å². The fourth-order valence-electron chi connectivity index (χ4n) is 3.72. The van der Waals surface area contributed by atoms with Crippen LogP contribution >= 0.6 is 11.8 Å². The van der Waals surface area contributed by atoms with Gasteiger partial charge in [-0.25, -0.2) is 0 Å². The van der Waals surface area contributed by atoms with Gasteiger partial charge in [-0.2, -0.15) is 0 Å². The van der Waals surface area contributed by atoms with Gasteiger partial charge in [-0.3, -0.25) is 4.79 Å². The van der Waals surface area contributed by atoms with Gasteiger partial charge in [0.15, 0.2) is 5.78 Å². The first kappa shape index (κ1) is 17.1. The van der Waals surface area contributed by atoms with Crippen molar-refractivity contribution in [3.63, 3.8) is 0 Å². The summed E-state index contributed by atoms with van der Waals surface area (Å²) < 4.78 is 11.8. The minimum Gasteiger partial charge on any atom is -0.466 e. The summed E-state index contributed by atoms with van der Waals surface area (Å²) in [4.78, 5) is 13.0. The molecule has 1 aromatic rings. The van der Waals surface area contributed by atoms with Crippen molar-refractivity contribution in [1.29, 1.82) is 0 Å². The first-order chi connectivity index (χ1) is 12.0. The average molecular weight is 362 g/mol. The molecule has 6 atom stereocenters. The van der Waals surface area contributed by atoms with E-state index < -0.39 is 29.9 Å². The SMILES string of the molecule is CC1OC2OC3=C(SC2C(O)C1O)C(=O)CCC3Cc1ccccc1. The fourth-order valence-corrected chi connectivity index (χ4v) is 5.09. The summed E-state index contributed by atoms with van der Waals surface area (Å²) in [5.74, 6) is 0.886. The maximum atomic E-state index is 12.4. The van der Waals surface area contributed by atoms with Crippen LogP contribution in [0.4, 0.5) is 0 Å². The molecule has 0 aromatic heterocycles. The minimum atomic E-state index is -0.977. The Morgan fingerprint density at radius 2 is 1.96 bits per heavy atom. The van der Waals surface area contributed by atoms with Crippen LogP contribution in [0.2, 0.25) is 0 Å². The molecule has 0 bridgehead atoms. The van der Waals surface area contributed by atoms with Crippen LogP contribution in [0.15, 0.2) is 41.0 Å². The van der Waals surface area contributed by atoms with Crippen LogP contribution in [0.5, 0.6) is 0 Å². The topological polar surface area (TPSA) is 76.0 Å². The molecule has 0 spiro atoms. The Morgan fingerprint density at radius 1 is 1.20 bits per heavy atom. The van der Waals surface area contributed by atoms with E-state index in [1.165, 1.54) is 17.3 Å². The zero-order valence-electron chi connectivity index (χ0n) is 14.0. The lowest BCUT2D eigenvalue weighted by Crippen LogP contribution is -2.57. The third-order valence-corrected chi connectivity index (χ3v) is 6.61. The highest BCUT2D eigenvalue weighted by Crippen LogP contribution is 2.47. The number of aliphatic hydroxyl groups is 2. The number of fused-ring (bicyclic) bond motifs is 1. The molecule has 4 rings (SSSR count). The molecular formula is C19H22O5S. The lowest BCUT2D eigenvalue weighted by atomic mass is 9.87. The van der Waals surface area contributed by atoms with Crippen molar-refractivity contribution in [3.05, 3.63) is 46.6 Å². The Hall–Kier alpha value is -1.34. The fraction of sp³-hybridized carbons (Fsp3) is 0.526. The predicted octanol–water partition coefficient (Wildman–Crippen LogP) is 2.02. The van der Waals surface area contributed by atoms with E-state index in [1.54, 1.807) is 6.92 Å². The van der Waals surface area contributed by atoms with Crippen molar-refractivity contribution in [3.8, 4) is 0 Å². The van der Waals surface area contributed by atoms with Crippen molar-refractivity contribution < 1.29 is 24.5 Å². The van der Waals surface area contributed by atoms with Crippen LogP contribution in [0.25, 0.3) is 0 Å². The maximum Gasteiger partial charge on any atom is 0.214 e. The predicted molar refractivity (Wildman–Crippen MR) is 93.7 cm³/mol. The van der Waals surface area contributed by atoms with Crippen LogP contribution < -0.4 is 0 Å². The molecule has 134 valence electrons. The van der Waals surface area contributed by atoms with Gasteiger partial charge < -0.3 is 19.7 Å². The molecule has 1 aromatic carbocycles. The number of benzene rings is 1. The molecule has 0 amide bonds. The Bertz CT molecular complexity index is 688. The Morgan fingerprint density at radius 3 is 2.72 bits per heavy atom. The molecule has 0 radical (unpaired) electrons. The lowest BCUT2D eigenvalue weighted by molar-refractivity contribution is -0.233. The average Bonchev–Trinajstić information content (AvgIpc) is 2.62. The van der Waals surface area contributed by atoms with E-state index in [2.05, 4.69) is 12.1 Å². The summed E-state index contributed by atoms with van der Waals surface area (Å²) in [5.41, 5.74) is 1.21. The molecule has 2 N–H and O–H groups in total. The van der Waals surface area contributed by atoms with E-state index in [4.69, 9.17) is 9.47 Å². The van der Waals surface area contributed by atoms with Crippen molar-refractivity contribution in [1.82, 2.24) is 0 Å². The van der Waals surface area contributed by atoms with Gasteiger partial charge in [0.2, 0.25) is 6.29 Å². The first-order valence-corrected chi connectivity index (χ1v) is 9.58. The summed E-state index contributed by atoms with van der Waals surface area (Å²) in [6.07, 6.45) is -1.04. The van der Waals surface area contributed by atoms with Gasteiger partial charge in [0.1, 0.15) is 23.2 Å². The molecule has 1 fully saturated rings. The number of ether oxygens (including phenoxy) is 2. The van der Waals surface area contributed by atoms with E-state index in [9.17, 15) is 15.0 Å². The number of allylic oxidation sites excluding steroid dienone is 2. The standard InChI is InChI=1S/C19H22O5S/c1-10-14(21)15(22)18-19(23-10)24-16-12(7-8-13(20)17(16)25-18)9-11-5-3-2-4-6-11/h2-6,10,12,14-15,18-19,21-22H,7-9H2,1H3. The van der Waals surface area contributed by atoms with Crippen LogP contribution in [-0.2, 0) is 20.7 Å². The van der Waals surface area contributed by atoms with Gasteiger partial charge in [0.05, 0.1) is 11.0 Å². The number of hydrogen-bond donors (Lipinski definition) is 2. The molecule has 6 unspecified atom stereocenters. The summed E-state index contributed by atoms with van der Waals surface area (Å²) in [6.45, 7) is 1.72. The van der Waals surface area contributed by atoms with E-state index >= 15 is 0 Å². The number of aliphatic hydroxyl groups excluding tert-OH is 2. The summed E-state index contributed by atoms with van der Waals surface area (Å²) in [7, 11) is 0.